The fourth-order valence-corrected chi connectivity index (χ4v) is 3.65. The Balaban J connectivity index is 2.00. The minimum Gasteiger partial charge on any atom is -0.337 e. The normalized spacial score (nSPS) is 16.4. The fraction of sp³-hybridized carbons (Fsp3) is 0.667. The summed E-state index contributed by atoms with van der Waals surface area (Å²) in [5.41, 5.74) is 1.15. The molecule has 0 atom stereocenters. The molecule has 0 N–H and O–H groups in total. The number of hydrogen-bond donors (Lipinski definition) is 0. The van der Waals surface area contributed by atoms with E-state index in [2.05, 4.69) is 30.6 Å². The molecule has 0 aromatic heterocycles. The van der Waals surface area contributed by atoms with E-state index in [4.69, 9.17) is 11.6 Å². The van der Waals surface area contributed by atoms with Gasteiger partial charge in [0.05, 0.1) is 0 Å². The van der Waals surface area contributed by atoms with E-state index in [1.54, 1.807) is 0 Å². The number of nitrogens with zero attached hydrogens (tertiary/aromatic N) is 2. The molecule has 1 aliphatic heterocycles. The summed E-state index contributed by atoms with van der Waals surface area (Å²) in [6.45, 7) is 11.3. The molecule has 0 spiro atoms. The van der Waals surface area contributed by atoms with Crippen LogP contribution >= 0.6 is 11.6 Å². The number of carbonyl (C=O) groups excluding carboxylic acids is 1. The molecule has 1 aromatic rings. The molecule has 0 unspecified atom stereocenters. The van der Waals surface area contributed by atoms with Gasteiger partial charge in [-0.15, -0.1) is 0 Å². The Kier molecular flexibility index (Phi) is 8.25. The lowest BCUT2D eigenvalue weighted by Gasteiger charge is -2.33. The zero-order chi connectivity index (χ0) is 18.2. The molecule has 1 heterocycles. The van der Waals surface area contributed by atoms with Crippen molar-refractivity contribution in [3.8, 4) is 0 Å². The number of piperidine rings is 1. The first-order chi connectivity index (χ1) is 12.0. The van der Waals surface area contributed by atoms with Crippen molar-refractivity contribution in [3.63, 3.8) is 0 Å². The van der Waals surface area contributed by atoms with Crippen LogP contribution in [0.3, 0.4) is 0 Å². The lowest BCUT2D eigenvalue weighted by atomic mass is 9.99. The standard InChI is InChI=1S/C21H33ClN2O/c1-4-19(5-2)21(25)24(16-18-6-8-20(22)9-7-18)15-14-23-12-10-17(3)11-13-23/h6-9,17,19H,4-5,10-16H2,1-3H3. The molecule has 0 radical (unpaired) electrons. The van der Waals surface area contributed by atoms with Gasteiger partial charge in [0.25, 0.3) is 0 Å². The minimum atomic E-state index is 0.133. The van der Waals surface area contributed by atoms with Gasteiger partial charge in [-0.1, -0.05) is 44.5 Å². The molecule has 25 heavy (non-hydrogen) atoms. The van der Waals surface area contributed by atoms with Crippen LogP contribution in [0.4, 0.5) is 0 Å². The van der Waals surface area contributed by atoms with Crippen molar-refractivity contribution < 1.29 is 4.79 Å². The molecule has 0 aliphatic carbocycles. The van der Waals surface area contributed by atoms with Crippen molar-refractivity contribution in [3.05, 3.63) is 34.9 Å². The van der Waals surface area contributed by atoms with Gasteiger partial charge >= 0.3 is 0 Å². The molecular weight excluding hydrogens is 332 g/mol. The zero-order valence-corrected chi connectivity index (χ0v) is 16.8. The third-order valence-electron chi connectivity index (χ3n) is 5.50. The summed E-state index contributed by atoms with van der Waals surface area (Å²) in [7, 11) is 0. The van der Waals surface area contributed by atoms with Gasteiger partial charge in [0.2, 0.25) is 5.91 Å². The highest BCUT2D eigenvalue weighted by atomic mass is 35.5. The largest absolute Gasteiger partial charge is 0.337 e. The zero-order valence-electron chi connectivity index (χ0n) is 16.0. The van der Waals surface area contributed by atoms with Crippen molar-refractivity contribution in [2.45, 2.75) is 53.0 Å². The maximum absolute atomic E-state index is 13.0. The molecule has 1 saturated heterocycles. The van der Waals surface area contributed by atoms with Crippen LogP contribution in [0.15, 0.2) is 24.3 Å². The van der Waals surface area contributed by atoms with E-state index in [9.17, 15) is 4.79 Å². The van der Waals surface area contributed by atoms with Gasteiger partial charge in [0, 0.05) is 30.6 Å². The summed E-state index contributed by atoms with van der Waals surface area (Å²) in [6.07, 6.45) is 4.37. The van der Waals surface area contributed by atoms with Crippen LogP contribution in [0, 0.1) is 11.8 Å². The van der Waals surface area contributed by atoms with E-state index in [-0.39, 0.29) is 5.92 Å². The summed E-state index contributed by atoms with van der Waals surface area (Å²) >= 11 is 5.99. The molecule has 0 bridgehead atoms. The first-order valence-electron chi connectivity index (χ1n) is 9.79. The second kappa shape index (κ2) is 10.2. The van der Waals surface area contributed by atoms with E-state index in [1.807, 2.05) is 24.3 Å². The third-order valence-corrected chi connectivity index (χ3v) is 5.75. The van der Waals surface area contributed by atoms with Crippen LogP contribution in [-0.4, -0.2) is 41.9 Å². The van der Waals surface area contributed by atoms with E-state index in [1.165, 1.54) is 12.8 Å². The predicted octanol–water partition coefficient (Wildman–Crippen LogP) is 4.84. The number of amides is 1. The van der Waals surface area contributed by atoms with E-state index in [0.29, 0.717) is 12.5 Å². The Morgan fingerprint density at radius 2 is 1.80 bits per heavy atom. The maximum Gasteiger partial charge on any atom is 0.226 e. The Morgan fingerprint density at radius 1 is 1.20 bits per heavy atom. The maximum atomic E-state index is 13.0. The topological polar surface area (TPSA) is 23.6 Å². The molecule has 2 rings (SSSR count). The van der Waals surface area contributed by atoms with Crippen LogP contribution in [0.2, 0.25) is 5.02 Å². The lowest BCUT2D eigenvalue weighted by Crippen LogP contribution is -2.43. The molecule has 1 aromatic carbocycles. The summed E-state index contributed by atoms with van der Waals surface area (Å²) in [5.74, 6) is 1.27. The number of carbonyl (C=O) groups is 1. The SMILES string of the molecule is CCC(CC)C(=O)N(CCN1CCC(C)CC1)Cc1ccc(Cl)cc1. The molecule has 1 amide bonds. The Labute approximate surface area is 158 Å². The van der Waals surface area contributed by atoms with Crippen molar-refractivity contribution in [1.29, 1.82) is 0 Å². The van der Waals surface area contributed by atoms with Crippen molar-refractivity contribution >= 4 is 17.5 Å². The predicted molar refractivity (Wildman–Crippen MR) is 106 cm³/mol. The molecule has 1 aliphatic rings. The Hall–Kier alpha value is -1.06. The molecule has 4 heteroatoms. The Morgan fingerprint density at radius 3 is 2.36 bits per heavy atom. The average Bonchev–Trinajstić information content (AvgIpc) is 2.62. The van der Waals surface area contributed by atoms with Crippen molar-refractivity contribution in [2.24, 2.45) is 11.8 Å². The van der Waals surface area contributed by atoms with Gasteiger partial charge in [-0.25, -0.2) is 0 Å². The summed E-state index contributed by atoms with van der Waals surface area (Å²) < 4.78 is 0. The smallest absolute Gasteiger partial charge is 0.226 e. The highest BCUT2D eigenvalue weighted by Gasteiger charge is 2.23. The monoisotopic (exact) mass is 364 g/mol. The number of likely N-dealkylation sites (tertiary alicyclic amines) is 1. The average molecular weight is 365 g/mol. The highest BCUT2D eigenvalue weighted by Crippen LogP contribution is 2.18. The highest BCUT2D eigenvalue weighted by molar-refractivity contribution is 6.30. The van der Waals surface area contributed by atoms with Gasteiger partial charge in [0.15, 0.2) is 0 Å². The second-order valence-electron chi connectivity index (χ2n) is 7.42. The number of benzene rings is 1. The third kappa shape index (κ3) is 6.31. The van der Waals surface area contributed by atoms with E-state index >= 15 is 0 Å². The molecule has 3 nitrogen and oxygen atoms in total. The summed E-state index contributed by atoms with van der Waals surface area (Å²) in [4.78, 5) is 17.5. The van der Waals surface area contributed by atoms with Crippen molar-refractivity contribution in [1.82, 2.24) is 9.80 Å². The van der Waals surface area contributed by atoms with Crippen LogP contribution in [0.1, 0.15) is 52.0 Å². The quantitative estimate of drug-likeness (QED) is 0.659. The lowest BCUT2D eigenvalue weighted by molar-refractivity contribution is -0.136. The molecule has 0 saturated carbocycles. The van der Waals surface area contributed by atoms with Crippen LogP contribution in [0.5, 0.6) is 0 Å². The van der Waals surface area contributed by atoms with Crippen LogP contribution in [0.25, 0.3) is 0 Å². The van der Waals surface area contributed by atoms with Crippen molar-refractivity contribution in [2.75, 3.05) is 26.2 Å². The summed E-state index contributed by atoms with van der Waals surface area (Å²) in [5, 5.41) is 0.740. The first kappa shape index (κ1) is 20.3. The number of rotatable bonds is 8. The molecule has 140 valence electrons. The first-order valence-corrected chi connectivity index (χ1v) is 10.2. The van der Waals surface area contributed by atoms with Gasteiger partial charge in [-0.2, -0.15) is 0 Å². The fourth-order valence-electron chi connectivity index (χ4n) is 3.52. The van der Waals surface area contributed by atoms with Gasteiger partial charge < -0.3 is 9.80 Å². The minimum absolute atomic E-state index is 0.133. The van der Waals surface area contributed by atoms with Crippen LogP contribution in [-0.2, 0) is 11.3 Å². The Bertz CT molecular complexity index is 519. The number of halogens is 1. The van der Waals surface area contributed by atoms with E-state index in [0.717, 1.165) is 55.5 Å². The molecule has 1 fully saturated rings. The van der Waals surface area contributed by atoms with Gasteiger partial charge in [-0.05, 0) is 62.4 Å². The molecular formula is C21H33ClN2O. The van der Waals surface area contributed by atoms with E-state index < -0.39 is 0 Å². The van der Waals surface area contributed by atoms with Crippen LogP contribution < -0.4 is 0 Å². The number of hydrogen-bond acceptors (Lipinski definition) is 2. The second-order valence-corrected chi connectivity index (χ2v) is 7.86. The summed E-state index contributed by atoms with van der Waals surface area (Å²) in [6, 6.07) is 7.86. The van der Waals surface area contributed by atoms with Gasteiger partial charge in [-0.3, -0.25) is 4.79 Å². The van der Waals surface area contributed by atoms with Gasteiger partial charge in [0.1, 0.15) is 0 Å².